The van der Waals surface area contributed by atoms with E-state index >= 15 is 0 Å². The van der Waals surface area contributed by atoms with Crippen molar-refractivity contribution >= 4 is 5.97 Å². The molecule has 3 aliphatic rings. The first kappa shape index (κ1) is 14.4. The zero-order valence-corrected chi connectivity index (χ0v) is 12.6. The highest BCUT2D eigenvalue weighted by Crippen LogP contribution is 2.47. The summed E-state index contributed by atoms with van der Waals surface area (Å²) in [5.74, 6) is 0.912. The van der Waals surface area contributed by atoms with Crippen LogP contribution in [0.5, 0.6) is 0 Å². The second kappa shape index (κ2) is 6.05. The highest BCUT2D eigenvalue weighted by atomic mass is 16.4. The summed E-state index contributed by atoms with van der Waals surface area (Å²) in [6, 6.07) is 0.437. The summed E-state index contributed by atoms with van der Waals surface area (Å²) in [6.45, 7) is 0. The predicted octanol–water partition coefficient (Wildman–Crippen LogP) is 3.72. The van der Waals surface area contributed by atoms with Crippen LogP contribution in [0.1, 0.15) is 77.0 Å². The number of carboxylic acid groups (broad SMARTS) is 1. The van der Waals surface area contributed by atoms with Gasteiger partial charge in [0.25, 0.3) is 0 Å². The van der Waals surface area contributed by atoms with Crippen LogP contribution in [0.25, 0.3) is 0 Å². The zero-order chi connectivity index (χ0) is 14.0. The van der Waals surface area contributed by atoms with E-state index in [1.54, 1.807) is 0 Å². The van der Waals surface area contributed by atoms with Crippen molar-refractivity contribution in [3.8, 4) is 0 Å². The molecule has 3 nitrogen and oxygen atoms in total. The molecule has 114 valence electrons. The third-order valence-electron chi connectivity index (χ3n) is 5.82. The quantitative estimate of drug-likeness (QED) is 0.771. The van der Waals surface area contributed by atoms with Crippen molar-refractivity contribution in [3.05, 3.63) is 0 Å². The van der Waals surface area contributed by atoms with Gasteiger partial charge in [0.1, 0.15) is 5.54 Å². The summed E-state index contributed by atoms with van der Waals surface area (Å²) in [5, 5.41) is 13.5. The molecule has 0 aromatic heterocycles. The van der Waals surface area contributed by atoms with E-state index in [-0.39, 0.29) is 0 Å². The van der Waals surface area contributed by atoms with Crippen molar-refractivity contribution in [1.82, 2.24) is 5.32 Å². The number of carboxylic acids is 1. The van der Waals surface area contributed by atoms with E-state index in [2.05, 4.69) is 5.32 Å². The van der Waals surface area contributed by atoms with Gasteiger partial charge in [0.15, 0.2) is 0 Å². The van der Waals surface area contributed by atoms with Gasteiger partial charge in [-0.3, -0.25) is 10.1 Å². The Morgan fingerprint density at radius 1 is 0.900 bits per heavy atom. The number of carbonyl (C=O) groups is 1. The molecule has 0 aromatic carbocycles. The Morgan fingerprint density at radius 2 is 1.60 bits per heavy atom. The van der Waals surface area contributed by atoms with Crippen LogP contribution in [0.2, 0.25) is 0 Å². The summed E-state index contributed by atoms with van der Waals surface area (Å²) in [6.07, 6.45) is 14.2. The topological polar surface area (TPSA) is 49.3 Å². The van der Waals surface area contributed by atoms with Gasteiger partial charge in [-0.15, -0.1) is 0 Å². The molecule has 0 bridgehead atoms. The fourth-order valence-corrected chi connectivity index (χ4v) is 4.49. The largest absolute Gasteiger partial charge is 0.480 e. The molecule has 3 saturated carbocycles. The van der Waals surface area contributed by atoms with Crippen molar-refractivity contribution in [2.45, 2.75) is 88.6 Å². The Balaban J connectivity index is 1.67. The van der Waals surface area contributed by atoms with Crippen LogP contribution < -0.4 is 5.32 Å². The van der Waals surface area contributed by atoms with E-state index < -0.39 is 11.5 Å². The Bertz CT molecular complexity index is 345. The van der Waals surface area contributed by atoms with E-state index in [4.69, 9.17) is 0 Å². The molecular weight excluding hydrogens is 250 g/mol. The molecule has 3 aliphatic carbocycles. The van der Waals surface area contributed by atoms with E-state index in [1.165, 1.54) is 57.8 Å². The van der Waals surface area contributed by atoms with Gasteiger partial charge < -0.3 is 5.11 Å². The summed E-state index contributed by atoms with van der Waals surface area (Å²) in [5.41, 5.74) is -0.611. The minimum absolute atomic E-state index is 0.437. The first-order valence-corrected chi connectivity index (χ1v) is 8.71. The van der Waals surface area contributed by atoms with Crippen LogP contribution in [-0.2, 0) is 4.79 Å². The van der Waals surface area contributed by atoms with Crippen LogP contribution >= 0.6 is 0 Å². The fourth-order valence-electron chi connectivity index (χ4n) is 4.49. The molecule has 0 heterocycles. The molecule has 0 spiro atoms. The Kier molecular flexibility index (Phi) is 4.34. The average molecular weight is 279 g/mol. The summed E-state index contributed by atoms with van der Waals surface area (Å²) in [4.78, 5) is 12.0. The molecule has 3 rings (SSSR count). The van der Waals surface area contributed by atoms with Crippen molar-refractivity contribution in [3.63, 3.8) is 0 Å². The second-order valence-electron chi connectivity index (χ2n) is 7.41. The maximum absolute atomic E-state index is 12.0. The molecule has 2 atom stereocenters. The zero-order valence-electron chi connectivity index (χ0n) is 12.6. The minimum Gasteiger partial charge on any atom is -0.480 e. The Hall–Kier alpha value is -0.570. The molecule has 0 aromatic rings. The van der Waals surface area contributed by atoms with Gasteiger partial charge in [-0.25, -0.2) is 0 Å². The lowest BCUT2D eigenvalue weighted by molar-refractivity contribution is -0.148. The Morgan fingerprint density at radius 3 is 2.20 bits per heavy atom. The van der Waals surface area contributed by atoms with Crippen molar-refractivity contribution < 1.29 is 9.90 Å². The molecule has 3 fully saturated rings. The first-order chi connectivity index (χ1) is 9.70. The third-order valence-corrected chi connectivity index (χ3v) is 5.82. The molecule has 0 aliphatic heterocycles. The number of hydrogen-bond donors (Lipinski definition) is 2. The molecular formula is C17H29NO2. The maximum atomic E-state index is 12.0. The SMILES string of the molecule is O=C(O)C1(NC2CCCCCC2)CCCC(C2CC2)C1. The lowest BCUT2D eigenvalue weighted by Gasteiger charge is -2.41. The molecule has 0 amide bonds. The highest BCUT2D eigenvalue weighted by molar-refractivity contribution is 5.79. The number of nitrogens with one attached hydrogen (secondary N) is 1. The molecule has 3 heteroatoms. The van der Waals surface area contributed by atoms with Crippen molar-refractivity contribution in [1.29, 1.82) is 0 Å². The van der Waals surface area contributed by atoms with Crippen LogP contribution in [0.3, 0.4) is 0 Å². The number of aliphatic carboxylic acids is 1. The fraction of sp³-hybridized carbons (Fsp3) is 0.941. The second-order valence-corrected chi connectivity index (χ2v) is 7.41. The molecule has 0 radical (unpaired) electrons. The maximum Gasteiger partial charge on any atom is 0.323 e. The lowest BCUT2D eigenvalue weighted by Crippen LogP contribution is -2.58. The highest BCUT2D eigenvalue weighted by Gasteiger charge is 2.47. The smallest absolute Gasteiger partial charge is 0.323 e. The lowest BCUT2D eigenvalue weighted by atomic mass is 9.73. The minimum atomic E-state index is -0.611. The molecule has 20 heavy (non-hydrogen) atoms. The molecule has 2 unspecified atom stereocenters. The van der Waals surface area contributed by atoms with Crippen LogP contribution in [0.15, 0.2) is 0 Å². The summed E-state index contributed by atoms with van der Waals surface area (Å²) >= 11 is 0. The van der Waals surface area contributed by atoms with Gasteiger partial charge in [0.05, 0.1) is 0 Å². The van der Waals surface area contributed by atoms with E-state index in [9.17, 15) is 9.90 Å². The van der Waals surface area contributed by atoms with Gasteiger partial charge in [-0.2, -0.15) is 0 Å². The molecule has 2 N–H and O–H groups in total. The Labute approximate surface area is 122 Å². The normalized spacial score (nSPS) is 36.5. The van der Waals surface area contributed by atoms with Gasteiger partial charge in [-0.05, 0) is 50.4 Å². The molecule has 0 saturated heterocycles. The predicted molar refractivity (Wildman–Crippen MR) is 79.7 cm³/mol. The third kappa shape index (κ3) is 3.19. The van der Waals surface area contributed by atoms with E-state index in [1.807, 2.05) is 0 Å². The van der Waals surface area contributed by atoms with Gasteiger partial charge >= 0.3 is 5.97 Å². The summed E-state index contributed by atoms with van der Waals surface area (Å²) in [7, 11) is 0. The standard InChI is InChI=1S/C17H29NO2/c19-16(20)17(18-15-7-3-1-2-4-8-15)11-5-6-14(12-17)13-9-10-13/h13-15,18H,1-12H2,(H,19,20). The van der Waals surface area contributed by atoms with Gasteiger partial charge in [0, 0.05) is 6.04 Å². The van der Waals surface area contributed by atoms with Crippen LogP contribution in [0.4, 0.5) is 0 Å². The van der Waals surface area contributed by atoms with Crippen molar-refractivity contribution in [2.24, 2.45) is 11.8 Å². The average Bonchev–Trinajstić information content (AvgIpc) is 3.27. The number of rotatable bonds is 4. The number of hydrogen-bond acceptors (Lipinski definition) is 2. The van der Waals surface area contributed by atoms with Gasteiger partial charge in [-0.1, -0.05) is 38.5 Å². The first-order valence-electron chi connectivity index (χ1n) is 8.71. The van der Waals surface area contributed by atoms with E-state index in [0.717, 1.165) is 25.2 Å². The van der Waals surface area contributed by atoms with Crippen LogP contribution in [0, 0.1) is 11.8 Å². The summed E-state index contributed by atoms with van der Waals surface area (Å²) < 4.78 is 0. The van der Waals surface area contributed by atoms with Crippen molar-refractivity contribution in [2.75, 3.05) is 0 Å². The monoisotopic (exact) mass is 279 g/mol. The van der Waals surface area contributed by atoms with Crippen LogP contribution in [-0.4, -0.2) is 22.7 Å². The van der Waals surface area contributed by atoms with E-state index in [0.29, 0.717) is 12.0 Å². The van der Waals surface area contributed by atoms with Gasteiger partial charge in [0.2, 0.25) is 0 Å².